The number of hydrogen-bond acceptors (Lipinski definition) is 8. The van der Waals surface area contributed by atoms with E-state index in [1.54, 1.807) is 29.7 Å². The fourth-order valence-electron chi connectivity index (χ4n) is 4.99. The highest BCUT2D eigenvalue weighted by atomic mass is 19.4. The molecule has 2 amide bonds. The lowest BCUT2D eigenvalue weighted by Gasteiger charge is -2.41. The molecule has 1 fully saturated rings. The number of halogens is 6. The number of aryl methyl sites for hydroxylation is 1. The lowest BCUT2D eigenvalue weighted by molar-refractivity contribution is -0.193. The van der Waals surface area contributed by atoms with E-state index >= 15 is 0 Å². The normalized spacial score (nSPS) is 16.2. The molecule has 1 aromatic heterocycles. The molecule has 274 valence electrons. The van der Waals surface area contributed by atoms with Crippen molar-refractivity contribution in [3.63, 3.8) is 0 Å². The molecule has 1 unspecified atom stereocenters. The Bertz CT molecular complexity index is 1580. The molecule has 0 radical (unpaired) electrons. The average molecular weight is 719 g/mol. The molecule has 1 aliphatic rings. The smallest absolute Gasteiger partial charge is 0.489 e. The summed E-state index contributed by atoms with van der Waals surface area (Å²) in [6, 6.07) is 17.1. The summed E-state index contributed by atoms with van der Waals surface area (Å²) in [4.78, 5) is 49.5. The number of carbonyl (C=O) groups excluding carboxylic acids is 2. The minimum absolute atomic E-state index is 0.0670. The molecule has 0 aliphatic carbocycles. The molecule has 18 heteroatoms. The number of hydroxylamine groups is 1. The van der Waals surface area contributed by atoms with Gasteiger partial charge < -0.3 is 20.3 Å². The first-order valence-corrected chi connectivity index (χ1v) is 15.0. The van der Waals surface area contributed by atoms with Gasteiger partial charge in [0.05, 0.1) is 11.7 Å². The number of amides is 2. The molecule has 4 rings (SSSR count). The lowest BCUT2D eigenvalue weighted by Crippen LogP contribution is -2.56. The number of likely N-dealkylation sites (tertiary alicyclic amines) is 1. The number of nitrogens with zero attached hydrogens (tertiary/aromatic N) is 2. The van der Waals surface area contributed by atoms with Gasteiger partial charge in [-0.15, -0.1) is 0 Å². The number of hydrogen-bond donors (Lipinski definition) is 5. The van der Waals surface area contributed by atoms with Crippen molar-refractivity contribution >= 4 is 34.7 Å². The quantitative estimate of drug-likeness (QED) is 0.108. The van der Waals surface area contributed by atoms with Crippen LogP contribution in [-0.2, 0) is 21.0 Å². The van der Waals surface area contributed by atoms with Crippen LogP contribution >= 0.6 is 0 Å². The minimum atomic E-state index is -5.08. The van der Waals surface area contributed by atoms with Crippen molar-refractivity contribution in [2.75, 3.05) is 13.1 Å². The summed E-state index contributed by atoms with van der Waals surface area (Å²) >= 11 is 0. The monoisotopic (exact) mass is 718 g/mol. The Morgan fingerprint density at radius 3 is 2.08 bits per heavy atom. The fraction of sp³-hybridized carbons (Fsp3) is 0.406. The van der Waals surface area contributed by atoms with Gasteiger partial charge in [0.15, 0.2) is 0 Å². The number of pyridine rings is 1. The summed E-state index contributed by atoms with van der Waals surface area (Å²) in [6.07, 6.45) is -7.55. The van der Waals surface area contributed by atoms with E-state index in [1.807, 2.05) is 37.3 Å². The summed E-state index contributed by atoms with van der Waals surface area (Å²) < 4.78 is 69.5. The summed E-state index contributed by atoms with van der Waals surface area (Å²) in [5, 5.41) is 27.4. The summed E-state index contributed by atoms with van der Waals surface area (Å²) in [7, 11) is 0. The number of carbonyl (C=O) groups is 4. The number of rotatable bonds is 9. The molecule has 2 aromatic carbocycles. The maximum atomic E-state index is 13.1. The molecule has 12 nitrogen and oxygen atoms in total. The van der Waals surface area contributed by atoms with Crippen LogP contribution in [0.1, 0.15) is 54.2 Å². The zero-order valence-electron chi connectivity index (χ0n) is 26.8. The van der Waals surface area contributed by atoms with Crippen LogP contribution in [0.5, 0.6) is 5.75 Å². The third kappa shape index (κ3) is 13.1. The van der Waals surface area contributed by atoms with Crippen molar-refractivity contribution in [2.24, 2.45) is 5.92 Å². The van der Waals surface area contributed by atoms with Crippen molar-refractivity contribution in [1.82, 2.24) is 20.7 Å². The van der Waals surface area contributed by atoms with Crippen molar-refractivity contribution in [3.05, 3.63) is 71.4 Å². The number of ether oxygens (including phenoxy) is 1. The van der Waals surface area contributed by atoms with E-state index in [4.69, 9.17) is 29.7 Å². The van der Waals surface area contributed by atoms with E-state index in [0.29, 0.717) is 17.9 Å². The Kier molecular flexibility index (Phi) is 15.4. The van der Waals surface area contributed by atoms with E-state index in [2.05, 4.69) is 22.1 Å². The van der Waals surface area contributed by atoms with Crippen molar-refractivity contribution in [3.8, 4) is 5.75 Å². The summed E-state index contributed by atoms with van der Waals surface area (Å²) in [6.45, 7) is 6.16. The number of benzene rings is 2. The summed E-state index contributed by atoms with van der Waals surface area (Å²) in [5.74, 6) is -5.54. The zero-order chi connectivity index (χ0) is 37.6. The molecule has 1 aliphatic heterocycles. The third-order valence-corrected chi connectivity index (χ3v) is 7.15. The molecule has 3 aromatic rings. The van der Waals surface area contributed by atoms with Gasteiger partial charge in [0, 0.05) is 41.1 Å². The van der Waals surface area contributed by atoms with Crippen molar-refractivity contribution in [1.29, 1.82) is 0 Å². The second kappa shape index (κ2) is 18.7. The minimum Gasteiger partial charge on any atom is -0.489 e. The predicted molar refractivity (Wildman–Crippen MR) is 165 cm³/mol. The number of piperidine rings is 1. The van der Waals surface area contributed by atoms with E-state index in [1.165, 1.54) is 0 Å². The van der Waals surface area contributed by atoms with Gasteiger partial charge >= 0.3 is 24.3 Å². The van der Waals surface area contributed by atoms with Gasteiger partial charge in [-0.2, -0.15) is 26.3 Å². The zero-order valence-corrected chi connectivity index (χ0v) is 26.8. The van der Waals surface area contributed by atoms with Crippen molar-refractivity contribution in [2.45, 2.75) is 64.7 Å². The highest BCUT2D eigenvalue weighted by Gasteiger charge is 2.39. The Hall–Kier alpha value is -4.97. The van der Waals surface area contributed by atoms with Gasteiger partial charge in [0.1, 0.15) is 12.4 Å². The molecule has 2 heterocycles. The number of aliphatic carboxylic acids is 2. The Morgan fingerprint density at radius 2 is 1.54 bits per heavy atom. The van der Waals surface area contributed by atoms with Crippen LogP contribution in [0.25, 0.3) is 10.9 Å². The topological polar surface area (TPSA) is 178 Å². The van der Waals surface area contributed by atoms with Crippen LogP contribution in [0.15, 0.2) is 54.6 Å². The third-order valence-electron chi connectivity index (χ3n) is 7.15. The number of alkyl halides is 6. The molecule has 0 bridgehead atoms. The molecule has 1 saturated heterocycles. The number of carboxylic acid groups (broad SMARTS) is 2. The van der Waals surface area contributed by atoms with Gasteiger partial charge in [-0.25, -0.2) is 15.1 Å². The largest absolute Gasteiger partial charge is 0.490 e. The number of para-hydroxylation sites is 1. The second-order valence-corrected chi connectivity index (χ2v) is 11.0. The fourth-order valence-corrected chi connectivity index (χ4v) is 4.99. The number of aromatic nitrogens is 1. The number of carboxylic acids is 2. The maximum Gasteiger partial charge on any atom is 0.490 e. The highest BCUT2D eigenvalue weighted by Crippen LogP contribution is 2.26. The molecule has 5 N–H and O–H groups in total. The Morgan fingerprint density at radius 1 is 0.960 bits per heavy atom. The van der Waals surface area contributed by atoms with E-state index in [0.717, 1.165) is 54.5 Å². The van der Waals surface area contributed by atoms with Crippen LogP contribution in [0.4, 0.5) is 26.3 Å². The molecule has 2 atom stereocenters. The van der Waals surface area contributed by atoms with Crippen LogP contribution in [0, 0.1) is 12.8 Å². The Labute approximate surface area is 282 Å². The van der Waals surface area contributed by atoms with Crippen LogP contribution in [0.3, 0.4) is 0 Å². The average Bonchev–Trinajstić information content (AvgIpc) is 3.05. The van der Waals surface area contributed by atoms with Gasteiger partial charge in [-0.1, -0.05) is 25.1 Å². The second-order valence-electron chi connectivity index (χ2n) is 11.0. The van der Waals surface area contributed by atoms with Gasteiger partial charge in [-0.3, -0.25) is 24.7 Å². The van der Waals surface area contributed by atoms with Gasteiger partial charge in [0.25, 0.3) is 5.91 Å². The summed E-state index contributed by atoms with van der Waals surface area (Å²) in [5.41, 5.74) is 5.19. The standard InChI is InChI=1S/C28H34N4O4.2C2HF3O2/c1-3-14-32-15-6-7-21(17-26(33)31-35)27(32)30-28(34)20-10-12-23(13-11-20)36-18-22-16-19(2)29-25-9-5-4-8-24(22)25;2*3-2(4,5)1(6)7/h4-5,8-13,16,21,27,35H,3,6-7,14-15,17-18H2,1-2H3,(H,30,34)(H,31,33);2*(H,6,7)/t21-,27?;;/m0../s1. The molecular formula is C32H36F6N4O8. The SMILES string of the molecule is CCCN1CCC[C@@H](CC(=O)NO)C1NC(=O)c1ccc(OCc2cc(C)nc3ccccc23)cc1.O=C(O)C(F)(F)F.O=C(O)C(F)(F)F. The van der Waals surface area contributed by atoms with Gasteiger partial charge in [-0.05, 0) is 69.1 Å². The predicted octanol–water partition coefficient (Wildman–Crippen LogP) is 5.46. The first-order valence-electron chi connectivity index (χ1n) is 15.0. The highest BCUT2D eigenvalue weighted by molar-refractivity contribution is 5.94. The van der Waals surface area contributed by atoms with Crippen molar-refractivity contribution < 1.29 is 65.7 Å². The van der Waals surface area contributed by atoms with E-state index in [9.17, 15) is 35.9 Å². The molecule has 0 spiro atoms. The van der Waals surface area contributed by atoms with Gasteiger partial charge in [0.2, 0.25) is 5.91 Å². The first-order chi connectivity index (χ1) is 23.4. The van der Waals surface area contributed by atoms with E-state index < -0.39 is 30.2 Å². The molecular weight excluding hydrogens is 682 g/mol. The maximum absolute atomic E-state index is 13.1. The van der Waals surface area contributed by atoms with Crippen LogP contribution in [0.2, 0.25) is 0 Å². The number of fused-ring (bicyclic) bond motifs is 1. The van der Waals surface area contributed by atoms with E-state index in [-0.39, 0.29) is 24.4 Å². The number of nitrogens with one attached hydrogen (secondary N) is 2. The van der Waals surface area contributed by atoms with Crippen LogP contribution < -0.4 is 15.5 Å². The Balaban J connectivity index is 0.000000521. The lowest BCUT2D eigenvalue weighted by atomic mass is 9.90. The molecule has 50 heavy (non-hydrogen) atoms. The van der Waals surface area contributed by atoms with Crippen LogP contribution in [-0.4, -0.2) is 80.7 Å². The first kappa shape index (κ1) is 41.2. The molecule has 0 saturated carbocycles.